The van der Waals surface area contributed by atoms with Gasteiger partial charge in [-0.15, -0.1) is 0 Å². The van der Waals surface area contributed by atoms with Crippen LogP contribution in [0.2, 0.25) is 5.02 Å². The number of nitrogens with one attached hydrogen (secondary N) is 1. The van der Waals surface area contributed by atoms with Crippen LogP contribution in [0.15, 0.2) is 18.2 Å². The van der Waals surface area contributed by atoms with Crippen LogP contribution >= 0.6 is 11.6 Å². The summed E-state index contributed by atoms with van der Waals surface area (Å²) in [4.78, 5) is 2.17. The highest BCUT2D eigenvalue weighted by molar-refractivity contribution is 6.30. The number of nitrogens with zero attached hydrogens (tertiary/aromatic N) is 1. The summed E-state index contributed by atoms with van der Waals surface area (Å²) < 4.78 is 6.29. The van der Waals surface area contributed by atoms with Gasteiger partial charge in [-0.1, -0.05) is 24.6 Å². The summed E-state index contributed by atoms with van der Waals surface area (Å²) in [5.41, 5.74) is 1.32. The van der Waals surface area contributed by atoms with Gasteiger partial charge in [0.1, 0.15) is 11.9 Å². The fraction of sp³-hybridized carbons (Fsp3) is 0.647. The lowest BCUT2D eigenvalue weighted by molar-refractivity contribution is 0.154. The Bertz CT molecular complexity index is 444. The van der Waals surface area contributed by atoms with Crippen LogP contribution in [-0.2, 0) is 0 Å². The van der Waals surface area contributed by atoms with Crippen LogP contribution in [0.1, 0.15) is 37.7 Å². The highest BCUT2D eigenvalue weighted by atomic mass is 35.5. The molecule has 21 heavy (non-hydrogen) atoms. The van der Waals surface area contributed by atoms with Gasteiger partial charge in [0, 0.05) is 11.6 Å². The second-order valence-electron chi connectivity index (χ2n) is 6.12. The molecule has 1 atom stereocenters. The third kappa shape index (κ3) is 4.87. The SMILES string of the molecule is CC[C@@H](CN(C)C)Oc1cc(Cl)ccc1C1CCNCC1. The number of rotatable bonds is 6. The van der Waals surface area contributed by atoms with Gasteiger partial charge in [0.2, 0.25) is 0 Å². The third-order valence-electron chi connectivity index (χ3n) is 4.07. The molecule has 1 saturated heterocycles. The minimum atomic E-state index is 0.207. The molecule has 1 N–H and O–H groups in total. The van der Waals surface area contributed by atoms with Gasteiger partial charge in [0.15, 0.2) is 0 Å². The van der Waals surface area contributed by atoms with Crippen molar-refractivity contribution < 1.29 is 4.74 Å². The van der Waals surface area contributed by atoms with Gasteiger partial charge in [-0.2, -0.15) is 0 Å². The number of likely N-dealkylation sites (N-methyl/N-ethyl adjacent to an activating group) is 1. The van der Waals surface area contributed by atoms with Crippen LogP contribution < -0.4 is 10.1 Å². The maximum atomic E-state index is 6.29. The van der Waals surface area contributed by atoms with Gasteiger partial charge in [-0.3, -0.25) is 0 Å². The predicted molar refractivity (Wildman–Crippen MR) is 89.6 cm³/mol. The van der Waals surface area contributed by atoms with Crippen LogP contribution in [0.25, 0.3) is 0 Å². The number of benzene rings is 1. The number of hydrogen-bond donors (Lipinski definition) is 1. The van der Waals surface area contributed by atoms with E-state index in [9.17, 15) is 0 Å². The number of halogens is 1. The van der Waals surface area contributed by atoms with E-state index in [4.69, 9.17) is 16.3 Å². The summed E-state index contributed by atoms with van der Waals surface area (Å²) in [5.74, 6) is 1.55. The summed E-state index contributed by atoms with van der Waals surface area (Å²) in [6, 6.07) is 6.12. The van der Waals surface area contributed by atoms with E-state index >= 15 is 0 Å². The maximum Gasteiger partial charge on any atom is 0.124 e. The average Bonchev–Trinajstić information content (AvgIpc) is 2.47. The molecule has 0 aromatic heterocycles. The van der Waals surface area contributed by atoms with Crippen molar-refractivity contribution in [3.05, 3.63) is 28.8 Å². The van der Waals surface area contributed by atoms with Crippen LogP contribution in [0.5, 0.6) is 5.75 Å². The number of ether oxygens (including phenoxy) is 1. The monoisotopic (exact) mass is 310 g/mol. The van der Waals surface area contributed by atoms with Gasteiger partial charge >= 0.3 is 0 Å². The maximum absolute atomic E-state index is 6.29. The largest absolute Gasteiger partial charge is 0.489 e. The first-order valence-corrected chi connectivity index (χ1v) is 8.29. The molecule has 0 saturated carbocycles. The van der Waals surface area contributed by atoms with Crippen molar-refractivity contribution in [3.63, 3.8) is 0 Å². The Hall–Kier alpha value is -0.770. The van der Waals surface area contributed by atoms with Crippen LogP contribution in [0, 0.1) is 0 Å². The Morgan fingerprint density at radius 1 is 1.33 bits per heavy atom. The standard InChI is InChI=1S/C17H27ClN2O/c1-4-15(12-20(2)3)21-17-11-14(18)5-6-16(17)13-7-9-19-10-8-13/h5-6,11,13,15,19H,4,7-10,12H2,1-3H3/t15-/m0/s1. The van der Waals surface area contributed by atoms with Crippen molar-refractivity contribution in [1.29, 1.82) is 0 Å². The molecule has 1 heterocycles. The first kappa shape index (κ1) is 16.6. The van der Waals surface area contributed by atoms with E-state index in [0.29, 0.717) is 5.92 Å². The highest BCUT2D eigenvalue weighted by Gasteiger charge is 2.21. The molecule has 2 rings (SSSR count). The van der Waals surface area contributed by atoms with E-state index < -0.39 is 0 Å². The number of hydrogen-bond acceptors (Lipinski definition) is 3. The zero-order chi connectivity index (χ0) is 15.2. The third-order valence-corrected chi connectivity index (χ3v) is 4.31. The zero-order valence-electron chi connectivity index (χ0n) is 13.4. The molecular weight excluding hydrogens is 284 g/mol. The summed E-state index contributed by atoms with van der Waals surface area (Å²) in [7, 11) is 4.16. The summed E-state index contributed by atoms with van der Waals surface area (Å²) in [5, 5.41) is 4.17. The molecule has 3 nitrogen and oxygen atoms in total. The molecule has 118 valence electrons. The Balaban J connectivity index is 2.17. The molecule has 0 bridgehead atoms. The minimum Gasteiger partial charge on any atom is -0.489 e. The lowest BCUT2D eigenvalue weighted by atomic mass is 9.89. The minimum absolute atomic E-state index is 0.207. The summed E-state index contributed by atoms with van der Waals surface area (Å²) in [6.07, 6.45) is 3.54. The molecule has 0 aliphatic carbocycles. The second-order valence-corrected chi connectivity index (χ2v) is 6.55. The topological polar surface area (TPSA) is 24.5 Å². The fourth-order valence-electron chi connectivity index (χ4n) is 2.92. The summed E-state index contributed by atoms with van der Waals surface area (Å²) >= 11 is 6.19. The Kier molecular flexibility index (Phi) is 6.34. The van der Waals surface area contributed by atoms with Gasteiger partial charge in [0.25, 0.3) is 0 Å². The molecule has 1 aliphatic rings. The van der Waals surface area contributed by atoms with E-state index in [1.54, 1.807) is 0 Å². The van der Waals surface area contributed by atoms with Crippen molar-refractivity contribution >= 4 is 11.6 Å². The quantitative estimate of drug-likeness (QED) is 0.870. The first-order valence-electron chi connectivity index (χ1n) is 7.91. The fourth-order valence-corrected chi connectivity index (χ4v) is 3.08. The molecule has 1 aromatic carbocycles. The Morgan fingerprint density at radius 2 is 2.05 bits per heavy atom. The predicted octanol–water partition coefficient (Wildman–Crippen LogP) is 3.53. The van der Waals surface area contributed by atoms with Crippen molar-refractivity contribution in [2.45, 2.75) is 38.2 Å². The highest BCUT2D eigenvalue weighted by Crippen LogP contribution is 2.35. The molecule has 0 spiro atoms. The van der Waals surface area contributed by atoms with Gasteiger partial charge in [-0.05, 0) is 70.1 Å². The number of piperidine rings is 1. The lowest BCUT2D eigenvalue weighted by Crippen LogP contribution is -2.31. The van der Waals surface area contributed by atoms with Gasteiger partial charge < -0.3 is 15.0 Å². The van der Waals surface area contributed by atoms with Crippen LogP contribution in [-0.4, -0.2) is 44.7 Å². The molecular formula is C17H27ClN2O. The van der Waals surface area contributed by atoms with Gasteiger partial charge in [0.05, 0.1) is 0 Å². The molecule has 0 unspecified atom stereocenters. The first-order chi connectivity index (χ1) is 10.1. The Morgan fingerprint density at radius 3 is 2.67 bits per heavy atom. The van der Waals surface area contributed by atoms with E-state index in [0.717, 1.165) is 36.8 Å². The second kappa shape index (κ2) is 8.02. The smallest absolute Gasteiger partial charge is 0.124 e. The molecule has 4 heteroatoms. The molecule has 1 aliphatic heterocycles. The van der Waals surface area contributed by atoms with Crippen molar-refractivity contribution in [3.8, 4) is 5.75 Å². The van der Waals surface area contributed by atoms with E-state index in [1.807, 2.05) is 12.1 Å². The lowest BCUT2D eigenvalue weighted by Gasteiger charge is -2.28. The van der Waals surface area contributed by atoms with Crippen LogP contribution in [0.4, 0.5) is 0 Å². The zero-order valence-corrected chi connectivity index (χ0v) is 14.1. The Labute approximate surface area is 133 Å². The van der Waals surface area contributed by atoms with Crippen LogP contribution in [0.3, 0.4) is 0 Å². The van der Waals surface area contributed by atoms with Crippen molar-refractivity contribution in [2.75, 3.05) is 33.7 Å². The molecule has 1 fully saturated rings. The van der Waals surface area contributed by atoms with Crippen molar-refractivity contribution in [1.82, 2.24) is 10.2 Å². The van der Waals surface area contributed by atoms with E-state index in [2.05, 4.69) is 37.3 Å². The van der Waals surface area contributed by atoms with Crippen molar-refractivity contribution in [2.24, 2.45) is 0 Å². The molecule has 1 aromatic rings. The van der Waals surface area contributed by atoms with E-state index in [1.165, 1.54) is 18.4 Å². The van der Waals surface area contributed by atoms with E-state index in [-0.39, 0.29) is 6.10 Å². The normalized spacial score (nSPS) is 18.0. The van der Waals surface area contributed by atoms with Gasteiger partial charge in [-0.25, -0.2) is 0 Å². The molecule has 0 radical (unpaired) electrons. The molecule has 0 amide bonds. The summed E-state index contributed by atoms with van der Waals surface area (Å²) in [6.45, 7) is 5.26. The average molecular weight is 311 g/mol.